The summed E-state index contributed by atoms with van der Waals surface area (Å²) in [5, 5.41) is 5.62. The zero-order valence-corrected chi connectivity index (χ0v) is 20.6. The molecule has 0 saturated carbocycles. The topological polar surface area (TPSA) is 87.7 Å². The van der Waals surface area contributed by atoms with Crippen molar-refractivity contribution >= 4 is 70.0 Å². The van der Waals surface area contributed by atoms with Gasteiger partial charge >= 0.3 is 6.09 Å². The van der Waals surface area contributed by atoms with Crippen molar-refractivity contribution in [1.29, 1.82) is 0 Å². The number of nitrogens with one attached hydrogen (secondary N) is 2. The zero-order valence-electron chi connectivity index (χ0n) is 17.6. The van der Waals surface area contributed by atoms with Crippen LogP contribution in [0.2, 0.25) is 5.02 Å². The molecule has 2 atom stereocenters. The fourth-order valence-electron chi connectivity index (χ4n) is 3.16. The molecule has 11 heteroatoms. The lowest BCUT2D eigenvalue weighted by atomic mass is 10.1. The van der Waals surface area contributed by atoms with Crippen LogP contribution in [0.3, 0.4) is 0 Å². The van der Waals surface area contributed by atoms with Crippen molar-refractivity contribution < 1.29 is 19.1 Å². The number of hydrogen-bond donors (Lipinski definition) is 2. The van der Waals surface area contributed by atoms with E-state index in [4.69, 9.17) is 51.1 Å². The molecule has 0 spiro atoms. The summed E-state index contributed by atoms with van der Waals surface area (Å²) in [6.45, 7) is 6.69. The number of anilines is 1. The van der Waals surface area contributed by atoms with Crippen LogP contribution in [0.5, 0.6) is 0 Å². The molecule has 1 heterocycles. The highest BCUT2D eigenvalue weighted by molar-refractivity contribution is 6.67. The van der Waals surface area contributed by atoms with Gasteiger partial charge in [0.25, 0.3) is 0 Å². The van der Waals surface area contributed by atoms with Crippen molar-refractivity contribution in [1.82, 2.24) is 10.6 Å². The van der Waals surface area contributed by atoms with Crippen LogP contribution in [0.4, 0.5) is 10.5 Å². The van der Waals surface area contributed by atoms with Crippen molar-refractivity contribution in [2.75, 3.05) is 11.4 Å². The predicted octanol–water partition coefficient (Wildman–Crippen LogP) is 4.39. The Morgan fingerprint density at radius 3 is 2.42 bits per heavy atom. The quantitative estimate of drug-likeness (QED) is 0.573. The predicted molar refractivity (Wildman–Crippen MR) is 123 cm³/mol. The van der Waals surface area contributed by atoms with Gasteiger partial charge in [0.1, 0.15) is 17.7 Å². The first-order valence-corrected chi connectivity index (χ1v) is 11.2. The van der Waals surface area contributed by atoms with Gasteiger partial charge in [-0.15, -0.1) is 0 Å². The molecule has 0 aliphatic carbocycles. The number of ether oxygens (including phenoxy) is 1. The maximum atomic E-state index is 13.4. The number of halogens is 4. The fraction of sp³-hybridized carbons (Fsp3) is 0.550. The van der Waals surface area contributed by atoms with Crippen LogP contribution in [-0.2, 0) is 20.7 Å². The number of carbonyl (C=O) groups excluding carboxylic acids is 3. The van der Waals surface area contributed by atoms with Crippen LogP contribution >= 0.6 is 46.4 Å². The molecule has 172 valence electrons. The Bertz CT molecular complexity index is 852. The maximum Gasteiger partial charge on any atom is 0.408 e. The van der Waals surface area contributed by atoms with Crippen molar-refractivity contribution in [3.8, 4) is 0 Å². The van der Waals surface area contributed by atoms with Crippen LogP contribution in [0.15, 0.2) is 18.2 Å². The van der Waals surface area contributed by atoms with Gasteiger partial charge in [0.05, 0.1) is 6.54 Å². The molecular weight excluding hydrogens is 488 g/mol. The minimum absolute atomic E-state index is 0.223. The molecule has 1 aliphatic heterocycles. The van der Waals surface area contributed by atoms with E-state index in [0.717, 1.165) is 5.56 Å². The number of carbonyl (C=O) groups is 3. The van der Waals surface area contributed by atoms with E-state index in [1.165, 1.54) is 4.90 Å². The second kappa shape index (κ2) is 10.0. The summed E-state index contributed by atoms with van der Waals surface area (Å²) < 4.78 is 3.58. The van der Waals surface area contributed by atoms with Crippen LogP contribution in [0.25, 0.3) is 0 Å². The maximum absolute atomic E-state index is 13.4. The van der Waals surface area contributed by atoms with Crippen LogP contribution in [0, 0.1) is 0 Å². The second-order valence-electron chi connectivity index (χ2n) is 8.14. The van der Waals surface area contributed by atoms with Crippen molar-refractivity contribution in [2.24, 2.45) is 0 Å². The molecule has 0 aromatic heterocycles. The normalized spacial score (nSPS) is 17.0. The molecule has 3 amide bonds. The van der Waals surface area contributed by atoms with Crippen molar-refractivity contribution in [2.45, 2.75) is 62.0 Å². The molecule has 0 fully saturated rings. The van der Waals surface area contributed by atoms with E-state index >= 15 is 0 Å². The Kier molecular flexibility index (Phi) is 8.36. The summed E-state index contributed by atoms with van der Waals surface area (Å²) in [5.74, 6) is -0.942. The number of benzene rings is 1. The Balaban J connectivity index is 2.29. The lowest BCUT2D eigenvalue weighted by Crippen LogP contribution is -2.55. The molecule has 2 N–H and O–H groups in total. The van der Waals surface area contributed by atoms with Crippen molar-refractivity contribution in [3.05, 3.63) is 28.8 Å². The first-order valence-electron chi connectivity index (χ1n) is 9.67. The Morgan fingerprint density at radius 2 is 1.87 bits per heavy atom. The molecule has 0 saturated heterocycles. The van der Waals surface area contributed by atoms with E-state index in [1.54, 1.807) is 45.9 Å². The van der Waals surface area contributed by atoms with Gasteiger partial charge in [-0.3, -0.25) is 14.5 Å². The number of alkyl carbamates (subject to hydrolysis) is 1. The Labute approximate surface area is 201 Å². The molecular formula is C20H25Cl4N3O4. The summed E-state index contributed by atoms with van der Waals surface area (Å²) >= 11 is 23.3. The van der Waals surface area contributed by atoms with E-state index in [0.29, 0.717) is 17.1 Å². The number of fused-ring (bicyclic) bond motifs is 1. The van der Waals surface area contributed by atoms with E-state index < -0.39 is 39.4 Å². The van der Waals surface area contributed by atoms with Crippen LogP contribution in [0.1, 0.15) is 39.7 Å². The third-order valence-electron chi connectivity index (χ3n) is 4.43. The van der Waals surface area contributed by atoms with Gasteiger partial charge in [0, 0.05) is 17.1 Å². The van der Waals surface area contributed by atoms with Gasteiger partial charge in [-0.1, -0.05) is 53.3 Å². The van der Waals surface area contributed by atoms with Gasteiger partial charge in [-0.25, -0.2) is 4.79 Å². The van der Waals surface area contributed by atoms with Gasteiger partial charge in [0.15, 0.2) is 0 Å². The fourth-order valence-corrected chi connectivity index (χ4v) is 3.56. The number of hydrogen-bond acceptors (Lipinski definition) is 4. The highest BCUT2D eigenvalue weighted by Crippen LogP contribution is 2.35. The first-order chi connectivity index (χ1) is 14.2. The SMILES string of the molecule is CC[C@H](NC(=O)OC(C)(C)C)C(=O)N1c2ccc(Cl)cc2C[C@H]1C(=O)NCC(Cl)(Cl)Cl. The van der Waals surface area contributed by atoms with Gasteiger partial charge in [0.2, 0.25) is 15.6 Å². The second-order valence-corrected chi connectivity index (χ2v) is 11.1. The van der Waals surface area contributed by atoms with Gasteiger partial charge < -0.3 is 15.4 Å². The average molecular weight is 513 g/mol. The summed E-state index contributed by atoms with van der Waals surface area (Å²) in [5.41, 5.74) is 0.539. The molecule has 1 aromatic carbocycles. The number of nitrogens with zero attached hydrogens (tertiary/aromatic N) is 1. The third kappa shape index (κ3) is 7.31. The Hall–Kier alpha value is -1.41. The highest BCUT2D eigenvalue weighted by atomic mass is 35.6. The molecule has 1 aromatic rings. The largest absolute Gasteiger partial charge is 0.444 e. The lowest BCUT2D eigenvalue weighted by Gasteiger charge is -2.30. The van der Waals surface area contributed by atoms with Crippen LogP contribution < -0.4 is 15.5 Å². The van der Waals surface area contributed by atoms with E-state index in [1.807, 2.05) is 0 Å². The van der Waals surface area contributed by atoms with Crippen molar-refractivity contribution in [3.63, 3.8) is 0 Å². The van der Waals surface area contributed by atoms with E-state index in [2.05, 4.69) is 10.6 Å². The minimum atomic E-state index is -1.68. The summed E-state index contributed by atoms with van der Waals surface area (Å²) in [4.78, 5) is 39.8. The highest BCUT2D eigenvalue weighted by Gasteiger charge is 2.41. The van der Waals surface area contributed by atoms with Gasteiger partial charge in [-0.05, 0) is 51.0 Å². The summed E-state index contributed by atoms with van der Waals surface area (Å²) in [6.07, 6.45) is -0.198. The third-order valence-corrected chi connectivity index (χ3v) is 5.06. The molecule has 1 aliphatic rings. The minimum Gasteiger partial charge on any atom is -0.444 e. The molecule has 0 radical (unpaired) electrons. The van der Waals surface area contributed by atoms with Crippen LogP contribution in [-0.4, -0.2) is 45.9 Å². The lowest BCUT2D eigenvalue weighted by molar-refractivity contribution is -0.127. The standard InChI is InChI=1S/C20H25Cl4N3O4/c1-5-13(26-18(30)31-19(2,3)4)17(29)27-14-7-6-12(21)8-11(14)9-15(27)16(28)25-10-20(22,23)24/h6-8,13,15H,5,9-10H2,1-4H3,(H,25,28)(H,26,30)/t13-,15-/m0/s1. The molecule has 2 rings (SSSR count). The number of alkyl halides is 3. The molecule has 7 nitrogen and oxygen atoms in total. The average Bonchev–Trinajstić information content (AvgIpc) is 3.00. The monoisotopic (exact) mass is 511 g/mol. The van der Waals surface area contributed by atoms with E-state index in [9.17, 15) is 14.4 Å². The first kappa shape index (κ1) is 25.8. The van der Waals surface area contributed by atoms with E-state index in [-0.39, 0.29) is 13.0 Å². The smallest absolute Gasteiger partial charge is 0.408 e. The van der Waals surface area contributed by atoms with Gasteiger partial charge in [-0.2, -0.15) is 0 Å². The molecule has 0 bridgehead atoms. The summed E-state index contributed by atoms with van der Waals surface area (Å²) in [6, 6.07) is 3.20. The number of amides is 3. The molecule has 0 unspecified atom stereocenters. The summed E-state index contributed by atoms with van der Waals surface area (Å²) in [7, 11) is 0. The number of rotatable bonds is 5. The Morgan fingerprint density at radius 1 is 1.23 bits per heavy atom. The zero-order chi connectivity index (χ0) is 23.6. The molecule has 31 heavy (non-hydrogen) atoms.